The number of carbonyl (C=O) groups is 1. The minimum absolute atomic E-state index is 0.102. The van der Waals surface area contributed by atoms with Gasteiger partial charge in [0.25, 0.3) is 0 Å². The number of fused-ring (bicyclic) bond motifs is 1. The molecule has 2 aromatic heterocycles. The van der Waals surface area contributed by atoms with Gasteiger partial charge in [-0.05, 0) is 31.0 Å². The number of anilines is 1. The summed E-state index contributed by atoms with van der Waals surface area (Å²) in [5.41, 5.74) is 2.03. The summed E-state index contributed by atoms with van der Waals surface area (Å²) in [6.45, 7) is 2.61. The second-order valence-electron chi connectivity index (χ2n) is 5.12. The fraction of sp³-hybridized carbons (Fsp3) is 0.312. The Morgan fingerprint density at radius 2 is 2.18 bits per heavy atom. The summed E-state index contributed by atoms with van der Waals surface area (Å²) in [5, 5.41) is 4.91. The van der Waals surface area contributed by atoms with Gasteiger partial charge in [-0.1, -0.05) is 23.5 Å². The molecule has 0 saturated heterocycles. The number of aryl methyl sites for hydroxylation is 2. The van der Waals surface area contributed by atoms with Gasteiger partial charge in [-0.25, -0.2) is 4.98 Å². The molecule has 0 fully saturated rings. The maximum absolute atomic E-state index is 12.5. The van der Waals surface area contributed by atoms with E-state index in [1.54, 1.807) is 27.1 Å². The van der Waals surface area contributed by atoms with Crippen LogP contribution in [0, 0.1) is 0 Å². The van der Waals surface area contributed by atoms with Gasteiger partial charge in [0, 0.05) is 26.2 Å². The van der Waals surface area contributed by atoms with Crippen LogP contribution in [0.15, 0.2) is 36.7 Å². The lowest BCUT2D eigenvalue weighted by molar-refractivity contribution is -0.118. The third kappa shape index (κ3) is 3.01. The van der Waals surface area contributed by atoms with Crippen LogP contribution in [0.25, 0.3) is 10.2 Å². The number of nitrogens with zero attached hydrogens (tertiary/aromatic N) is 4. The van der Waals surface area contributed by atoms with Crippen molar-refractivity contribution in [2.24, 2.45) is 7.05 Å². The van der Waals surface area contributed by atoms with Gasteiger partial charge in [0.05, 0.1) is 16.4 Å². The van der Waals surface area contributed by atoms with Crippen molar-refractivity contribution >= 4 is 32.6 Å². The average Bonchev–Trinajstić information content (AvgIpc) is 3.11. The zero-order valence-corrected chi connectivity index (χ0v) is 13.5. The summed E-state index contributed by atoms with van der Waals surface area (Å²) in [6, 6.07) is 7.96. The molecule has 1 aromatic carbocycles. The van der Waals surface area contributed by atoms with Gasteiger partial charge in [-0.15, -0.1) is 0 Å². The Morgan fingerprint density at radius 3 is 2.86 bits per heavy atom. The molecule has 6 heteroatoms. The van der Waals surface area contributed by atoms with Gasteiger partial charge in [0.15, 0.2) is 5.13 Å². The molecule has 1 amide bonds. The maximum Gasteiger partial charge on any atom is 0.229 e. The molecule has 0 aliphatic carbocycles. The van der Waals surface area contributed by atoms with E-state index in [0.717, 1.165) is 20.9 Å². The van der Waals surface area contributed by atoms with Crippen LogP contribution in [0.4, 0.5) is 5.13 Å². The molecule has 3 rings (SSSR count). The van der Waals surface area contributed by atoms with Crippen LogP contribution in [0.5, 0.6) is 0 Å². The Hall–Kier alpha value is -2.21. The van der Waals surface area contributed by atoms with Crippen LogP contribution in [0.3, 0.4) is 0 Å². The van der Waals surface area contributed by atoms with Gasteiger partial charge in [0.1, 0.15) is 0 Å². The topological polar surface area (TPSA) is 51.0 Å². The predicted molar refractivity (Wildman–Crippen MR) is 89.2 cm³/mol. The van der Waals surface area contributed by atoms with Crippen molar-refractivity contribution in [3.8, 4) is 0 Å². The number of rotatable bonds is 5. The minimum atomic E-state index is 0.102. The van der Waals surface area contributed by atoms with E-state index in [1.807, 2.05) is 44.4 Å². The van der Waals surface area contributed by atoms with E-state index in [-0.39, 0.29) is 5.91 Å². The summed E-state index contributed by atoms with van der Waals surface area (Å²) in [6.07, 6.45) is 4.92. The Labute approximate surface area is 133 Å². The number of hydrogen-bond acceptors (Lipinski definition) is 4. The van der Waals surface area contributed by atoms with E-state index in [4.69, 9.17) is 0 Å². The monoisotopic (exact) mass is 314 g/mol. The second-order valence-corrected chi connectivity index (χ2v) is 6.13. The van der Waals surface area contributed by atoms with Crippen molar-refractivity contribution in [2.45, 2.75) is 19.8 Å². The van der Waals surface area contributed by atoms with Crippen molar-refractivity contribution in [3.63, 3.8) is 0 Å². The van der Waals surface area contributed by atoms with Gasteiger partial charge < -0.3 is 0 Å². The molecule has 0 aliphatic rings. The smallest absolute Gasteiger partial charge is 0.229 e. The van der Waals surface area contributed by atoms with Gasteiger partial charge in [-0.2, -0.15) is 5.10 Å². The van der Waals surface area contributed by atoms with Crippen LogP contribution < -0.4 is 4.90 Å². The Balaban J connectivity index is 1.73. The second kappa shape index (κ2) is 6.27. The number of aromatic nitrogens is 3. The molecule has 5 nitrogen and oxygen atoms in total. The van der Waals surface area contributed by atoms with E-state index in [1.165, 1.54) is 0 Å². The lowest BCUT2D eigenvalue weighted by Crippen LogP contribution is -2.30. The number of amides is 1. The molecule has 2 heterocycles. The minimum Gasteiger partial charge on any atom is -0.288 e. The zero-order valence-electron chi connectivity index (χ0n) is 12.7. The van der Waals surface area contributed by atoms with Crippen molar-refractivity contribution in [2.75, 3.05) is 11.4 Å². The molecule has 114 valence electrons. The number of benzene rings is 1. The first-order valence-electron chi connectivity index (χ1n) is 7.31. The van der Waals surface area contributed by atoms with E-state index in [0.29, 0.717) is 19.4 Å². The van der Waals surface area contributed by atoms with Crippen molar-refractivity contribution < 1.29 is 4.79 Å². The third-order valence-corrected chi connectivity index (χ3v) is 4.58. The predicted octanol–water partition coefficient (Wildman–Crippen LogP) is 3.02. The van der Waals surface area contributed by atoms with Gasteiger partial charge in [-0.3, -0.25) is 14.4 Å². The molecular formula is C16H18N4OS. The van der Waals surface area contributed by atoms with E-state index in [2.05, 4.69) is 10.1 Å². The summed E-state index contributed by atoms with van der Waals surface area (Å²) in [4.78, 5) is 18.8. The van der Waals surface area contributed by atoms with Crippen LogP contribution >= 0.6 is 11.3 Å². The molecule has 0 aliphatic heterocycles. The number of thiazole rings is 1. The fourth-order valence-electron chi connectivity index (χ4n) is 2.38. The van der Waals surface area contributed by atoms with Gasteiger partial charge in [0.2, 0.25) is 5.91 Å². The molecule has 0 radical (unpaired) electrons. The molecule has 0 atom stereocenters. The third-order valence-electron chi connectivity index (χ3n) is 3.52. The molecule has 0 N–H and O–H groups in total. The zero-order chi connectivity index (χ0) is 15.5. The largest absolute Gasteiger partial charge is 0.288 e. The number of carbonyl (C=O) groups excluding carboxylic acids is 1. The van der Waals surface area contributed by atoms with Crippen molar-refractivity contribution in [3.05, 3.63) is 42.2 Å². The molecular weight excluding hydrogens is 296 g/mol. The SMILES string of the molecule is CCN(C(=O)CCc1cnn(C)c1)c1nc2ccccc2s1. The van der Waals surface area contributed by atoms with E-state index >= 15 is 0 Å². The first-order chi connectivity index (χ1) is 10.7. The van der Waals surface area contributed by atoms with Crippen LogP contribution in [0.1, 0.15) is 18.9 Å². The molecule has 0 unspecified atom stereocenters. The highest BCUT2D eigenvalue weighted by molar-refractivity contribution is 7.22. The fourth-order valence-corrected chi connectivity index (χ4v) is 3.43. The van der Waals surface area contributed by atoms with Crippen molar-refractivity contribution in [1.82, 2.24) is 14.8 Å². The Kier molecular flexibility index (Phi) is 4.20. The van der Waals surface area contributed by atoms with Crippen LogP contribution in [0.2, 0.25) is 0 Å². The first kappa shape index (κ1) is 14.7. The average molecular weight is 314 g/mol. The summed E-state index contributed by atoms with van der Waals surface area (Å²) < 4.78 is 2.86. The van der Waals surface area contributed by atoms with E-state index < -0.39 is 0 Å². The lowest BCUT2D eigenvalue weighted by atomic mass is 10.2. The molecule has 0 spiro atoms. The quantitative estimate of drug-likeness (QED) is 0.727. The molecule has 0 saturated carbocycles. The summed E-state index contributed by atoms with van der Waals surface area (Å²) >= 11 is 1.56. The van der Waals surface area contributed by atoms with Crippen LogP contribution in [-0.4, -0.2) is 27.2 Å². The Bertz CT molecular complexity index is 759. The summed E-state index contributed by atoms with van der Waals surface area (Å²) in [5.74, 6) is 0.102. The first-order valence-corrected chi connectivity index (χ1v) is 8.12. The highest BCUT2D eigenvalue weighted by Gasteiger charge is 2.17. The molecule has 22 heavy (non-hydrogen) atoms. The molecule has 3 aromatic rings. The summed E-state index contributed by atoms with van der Waals surface area (Å²) in [7, 11) is 1.88. The lowest BCUT2D eigenvalue weighted by Gasteiger charge is -2.17. The number of hydrogen-bond donors (Lipinski definition) is 0. The van der Waals surface area contributed by atoms with E-state index in [9.17, 15) is 4.79 Å². The highest BCUT2D eigenvalue weighted by atomic mass is 32.1. The normalized spacial score (nSPS) is 11.0. The highest BCUT2D eigenvalue weighted by Crippen LogP contribution is 2.28. The molecule has 0 bridgehead atoms. The maximum atomic E-state index is 12.5. The van der Waals surface area contributed by atoms with Gasteiger partial charge >= 0.3 is 0 Å². The number of para-hydroxylation sites is 1. The van der Waals surface area contributed by atoms with Crippen molar-refractivity contribution in [1.29, 1.82) is 0 Å². The van der Waals surface area contributed by atoms with Crippen LogP contribution in [-0.2, 0) is 18.3 Å². The Morgan fingerprint density at radius 1 is 1.36 bits per heavy atom. The standard InChI is InChI=1S/C16H18N4OS/c1-3-20(15(21)9-8-12-10-17-19(2)11-12)16-18-13-6-4-5-7-14(13)22-16/h4-7,10-11H,3,8-9H2,1-2H3.